The lowest BCUT2D eigenvalue weighted by Crippen LogP contribution is -2.40. The number of para-hydroxylation sites is 2. The number of nitrogens with zero attached hydrogens (tertiary/aromatic N) is 4. The minimum Gasteiger partial charge on any atom is -0.355 e. The van der Waals surface area contributed by atoms with Crippen LogP contribution in [0.2, 0.25) is 0 Å². The Bertz CT molecular complexity index is 739. The lowest BCUT2D eigenvalue weighted by Gasteiger charge is -2.34. The summed E-state index contributed by atoms with van der Waals surface area (Å²) in [5.74, 6) is 3.99. The van der Waals surface area contributed by atoms with Crippen molar-refractivity contribution >= 4 is 34.5 Å². The molecule has 4 rings (SSSR count). The zero-order chi connectivity index (χ0) is 17.1. The van der Waals surface area contributed by atoms with Gasteiger partial charge in [0.1, 0.15) is 5.82 Å². The molecule has 5 nitrogen and oxygen atoms in total. The second-order valence-electron chi connectivity index (χ2n) is 6.84. The normalized spacial score (nSPS) is 19.4. The number of carbonyl (C=O) groups is 1. The van der Waals surface area contributed by atoms with E-state index >= 15 is 0 Å². The topological polar surface area (TPSA) is 49.3 Å². The van der Waals surface area contributed by atoms with E-state index in [4.69, 9.17) is 4.98 Å². The Labute approximate surface area is 152 Å². The smallest absolute Gasteiger partial charge is 0.222 e. The largest absolute Gasteiger partial charge is 0.355 e. The lowest BCUT2D eigenvalue weighted by atomic mass is 9.93. The van der Waals surface area contributed by atoms with Crippen LogP contribution < -0.4 is 4.90 Å². The summed E-state index contributed by atoms with van der Waals surface area (Å²) in [5.41, 5.74) is 1.88. The first-order valence-corrected chi connectivity index (χ1v) is 10.3. The summed E-state index contributed by atoms with van der Waals surface area (Å²) in [5, 5.41) is 0. The predicted molar refractivity (Wildman–Crippen MR) is 103 cm³/mol. The van der Waals surface area contributed by atoms with Gasteiger partial charge in [0.25, 0.3) is 0 Å². The molecule has 0 atom stereocenters. The number of aromatic nitrogens is 2. The van der Waals surface area contributed by atoms with Gasteiger partial charge in [-0.05, 0) is 30.9 Å². The number of amides is 1. The molecule has 0 unspecified atom stereocenters. The molecular weight excluding hydrogens is 332 g/mol. The van der Waals surface area contributed by atoms with Crippen molar-refractivity contribution < 1.29 is 4.79 Å². The molecule has 1 amide bonds. The highest BCUT2D eigenvalue weighted by Gasteiger charge is 2.25. The Morgan fingerprint density at radius 3 is 2.56 bits per heavy atom. The zero-order valence-electron chi connectivity index (χ0n) is 14.4. The van der Waals surface area contributed by atoms with Crippen LogP contribution in [0.3, 0.4) is 0 Å². The molecule has 0 N–H and O–H groups in total. The minimum absolute atomic E-state index is 0.351. The average Bonchev–Trinajstić information content (AvgIpc) is 2.69. The van der Waals surface area contributed by atoms with Gasteiger partial charge in [0, 0.05) is 44.1 Å². The monoisotopic (exact) mass is 356 g/mol. The van der Waals surface area contributed by atoms with Gasteiger partial charge in [-0.25, -0.2) is 4.98 Å². The van der Waals surface area contributed by atoms with Crippen molar-refractivity contribution in [2.24, 2.45) is 5.92 Å². The van der Waals surface area contributed by atoms with Crippen molar-refractivity contribution in [2.75, 3.05) is 42.6 Å². The maximum atomic E-state index is 12.4. The van der Waals surface area contributed by atoms with Gasteiger partial charge >= 0.3 is 0 Å². The van der Waals surface area contributed by atoms with Gasteiger partial charge in [0.2, 0.25) is 5.91 Å². The Hall–Kier alpha value is -1.82. The number of thioether (sulfide) groups is 1. The van der Waals surface area contributed by atoms with E-state index in [0.717, 1.165) is 67.4 Å². The third-order valence-electron chi connectivity index (χ3n) is 5.20. The van der Waals surface area contributed by atoms with E-state index in [1.54, 1.807) is 0 Å². The molecule has 0 bridgehead atoms. The predicted octanol–water partition coefficient (Wildman–Crippen LogP) is 2.81. The molecule has 0 radical (unpaired) electrons. The van der Waals surface area contributed by atoms with Crippen LogP contribution in [0.25, 0.3) is 11.0 Å². The number of hydrogen-bond acceptors (Lipinski definition) is 5. The summed E-state index contributed by atoms with van der Waals surface area (Å²) in [6.07, 6.45) is 4.70. The van der Waals surface area contributed by atoms with E-state index in [1.807, 2.05) is 42.2 Å². The Morgan fingerprint density at radius 1 is 1.08 bits per heavy atom. The molecule has 0 saturated carbocycles. The maximum absolute atomic E-state index is 12.4. The molecule has 2 aliphatic heterocycles. The SMILES string of the molecule is O=C(CC1CCN(c2cnc3ccccc3n2)CC1)N1CCSCC1. The third-order valence-corrected chi connectivity index (χ3v) is 6.14. The van der Waals surface area contributed by atoms with Gasteiger partial charge in [-0.2, -0.15) is 11.8 Å². The number of hydrogen-bond donors (Lipinski definition) is 0. The van der Waals surface area contributed by atoms with Crippen molar-refractivity contribution in [1.82, 2.24) is 14.9 Å². The first-order valence-electron chi connectivity index (χ1n) is 9.12. The average molecular weight is 356 g/mol. The molecule has 6 heteroatoms. The highest BCUT2D eigenvalue weighted by Crippen LogP contribution is 2.25. The molecule has 25 heavy (non-hydrogen) atoms. The first-order chi connectivity index (χ1) is 12.3. The van der Waals surface area contributed by atoms with E-state index in [0.29, 0.717) is 18.2 Å². The third kappa shape index (κ3) is 3.89. The fourth-order valence-electron chi connectivity index (χ4n) is 3.65. The van der Waals surface area contributed by atoms with E-state index < -0.39 is 0 Å². The van der Waals surface area contributed by atoms with E-state index in [1.165, 1.54) is 0 Å². The lowest BCUT2D eigenvalue weighted by molar-refractivity contribution is -0.132. The maximum Gasteiger partial charge on any atom is 0.222 e. The van der Waals surface area contributed by atoms with Gasteiger partial charge in [0.05, 0.1) is 17.2 Å². The molecule has 0 aliphatic carbocycles. The molecule has 1 aromatic heterocycles. The number of rotatable bonds is 3. The second-order valence-corrected chi connectivity index (χ2v) is 8.07. The van der Waals surface area contributed by atoms with E-state index in [2.05, 4.69) is 14.8 Å². The van der Waals surface area contributed by atoms with Crippen LogP contribution in [0.1, 0.15) is 19.3 Å². The molecule has 2 aliphatic rings. The van der Waals surface area contributed by atoms with Crippen LogP contribution >= 0.6 is 11.8 Å². The van der Waals surface area contributed by atoms with Crippen LogP contribution in [0.15, 0.2) is 30.5 Å². The number of piperidine rings is 1. The molecule has 2 saturated heterocycles. The summed E-state index contributed by atoms with van der Waals surface area (Å²) in [7, 11) is 0. The Morgan fingerprint density at radius 2 is 1.80 bits per heavy atom. The summed E-state index contributed by atoms with van der Waals surface area (Å²) < 4.78 is 0. The summed E-state index contributed by atoms with van der Waals surface area (Å²) in [6, 6.07) is 7.98. The molecule has 1 aromatic carbocycles. The number of fused-ring (bicyclic) bond motifs is 1. The zero-order valence-corrected chi connectivity index (χ0v) is 15.2. The minimum atomic E-state index is 0.351. The summed E-state index contributed by atoms with van der Waals surface area (Å²) in [4.78, 5) is 26.1. The number of anilines is 1. The standard InChI is InChI=1S/C19H24N4OS/c24-19(23-9-11-25-12-10-23)13-15-5-7-22(8-6-15)18-14-20-16-3-1-2-4-17(16)21-18/h1-4,14-15H,5-13H2. The van der Waals surface area contributed by atoms with Gasteiger partial charge in [0.15, 0.2) is 0 Å². The molecule has 3 heterocycles. The number of carbonyl (C=O) groups excluding carboxylic acids is 1. The van der Waals surface area contributed by atoms with Crippen LogP contribution in [-0.4, -0.2) is 58.5 Å². The molecule has 2 aromatic rings. The van der Waals surface area contributed by atoms with Crippen molar-refractivity contribution in [3.63, 3.8) is 0 Å². The van der Waals surface area contributed by atoms with Gasteiger partial charge < -0.3 is 9.80 Å². The fourth-order valence-corrected chi connectivity index (χ4v) is 4.56. The van der Waals surface area contributed by atoms with Crippen molar-refractivity contribution in [3.05, 3.63) is 30.5 Å². The van der Waals surface area contributed by atoms with Crippen LogP contribution in [0.4, 0.5) is 5.82 Å². The summed E-state index contributed by atoms with van der Waals surface area (Å²) in [6.45, 7) is 3.77. The van der Waals surface area contributed by atoms with Gasteiger partial charge in [-0.1, -0.05) is 12.1 Å². The molecule has 132 valence electrons. The first kappa shape index (κ1) is 16.6. The van der Waals surface area contributed by atoms with Gasteiger partial charge in [-0.3, -0.25) is 9.78 Å². The molecule has 0 spiro atoms. The van der Waals surface area contributed by atoms with Crippen LogP contribution in [-0.2, 0) is 4.79 Å². The van der Waals surface area contributed by atoms with Crippen LogP contribution in [0.5, 0.6) is 0 Å². The summed E-state index contributed by atoms with van der Waals surface area (Å²) >= 11 is 1.95. The van der Waals surface area contributed by atoms with Crippen LogP contribution in [0, 0.1) is 5.92 Å². The van der Waals surface area contributed by atoms with Gasteiger partial charge in [-0.15, -0.1) is 0 Å². The van der Waals surface area contributed by atoms with E-state index in [9.17, 15) is 4.79 Å². The Balaban J connectivity index is 1.33. The Kier molecular flexibility index (Phi) is 5.06. The molecular formula is C19H24N4OS. The van der Waals surface area contributed by atoms with E-state index in [-0.39, 0.29) is 0 Å². The van der Waals surface area contributed by atoms with Crippen molar-refractivity contribution in [3.8, 4) is 0 Å². The second kappa shape index (κ2) is 7.60. The quantitative estimate of drug-likeness (QED) is 0.846. The van der Waals surface area contributed by atoms with Crippen molar-refractivity contribution in [1.29, 1.82) is 0 Å². The highest BCUT2D eigenvalue weighted by atomic mass is 32.2. The number of benzene rings is 1. The van der Waals surface area contributed by atoms with Crippen molar-refractivity contribution in [2.45, 2.75) is 19.3 Å². The molecule has 2 fully saturated rings. The highest BCUT2D eigenvalue weighted by molar-refractivity contribution is 7.99. The fraction of sp³-hybridized carbons (Fsp3) is 0.526.